The summed E-state index contributed by atoms with van der Waals surface area (Å²) in [6.45, 7) is 4.97. The van der Waals surface area contributed by atoms with Gasteiger partial charge in [0.15, 0.2) is 9.84 Å². The van der Waals surface area contributed by atoms with E-state index in [-0.39, 0.29) is 23.4 Å². The van der Waals surface area contributed by atoms with Gasteiger partial charge >= 0.3 is 0 Å². The minimum Gasteiger partial charge on any atom is -0.351 e. The van der Waals surface area contributed by atoms with Gasteiger partial charge in [0.25, 0.3) is 5.91 Å². The van der Waals surface area contributed by atoms with E-state index in [9.17, 15) is 13.2 Å². The van der Waals surface area contributed by atoms with Gasteiger partial charge in [-0.2, -0.15) is 0 Å². The first-order valence-electron chi connectivity index (χ1n) is 5.87. The molecule has 1 aromatic heterocycles. The lowest BCUT2D eigenvalue weighted by Gasteiger charge is -2.19. The monoisotopic (exact) mass is 430 g/mol. The Labute approximate surface area is 137 Å². The molecule has 8 heteroatoms. The largest absolute Gasteiger partial charge is 0.351 e. The molecule has 112 valence electrons. The SMILES string of the molecule is CC(C)(C)S(=O)(=O)CCNC(=O)c1ccnc(Cl)c1I. The van der Waals surface area contributed by atoms with Gasteiger partial charge in [0, 0.05) is 12.7 Å². The summed E-state index contributed by atoms with van der Waals surface area (Å²) in [6.07, 6.45) is 1.44. The van der Waals surface area contributed by atoms with Crippen LogP contribution in [0.4, 0.5) is 0 Å². The fourth-order valence-corrected chi connectivity index (χ4v) is 3.00. The van der Waals surface area contributed by atoms with E-state index in [0.29, 0.717) is 9.13 Å². The lowest BCUT2D eigenvalue weighted by molar-refractivity contribution is 0.0955. The fraction of sp³-hybridized carbons (Fsp3) is 0.500. The van der Waals surface area contributed by atoms with Crippen molar-refractivity contribution in [1.29, 1.82) is 0 Å². The van der Waals surface area contributed by atoms with Crippen LogP contribution in [0.15, 0.2) is 12.3 Å². The van der Waals surface area contributed by atoms with Crippen molar-refractivity contribution < 1.29 is 13.2 Å². The molecule has 0 aliphatic heterocycles. The van der Waals surface area contributed by atoms with Crippen molar-refractivity contribution in [3.05, 3.63) is 26.5 Å². The zero-order valence-corrected chi connectivity index (χ0v) is 15.1. The lowest BCUT2D eigenvalue weighted by atomic mass is 10.2. The van der Waals surface area contributed by atoms with Gasteiger partial charge in [0.1, 0.15) is 5.15 Å². The molecule has 0 saturated heterocycles. The van der Waals surface area contributed by atoms with Crippen molar-refractivity contribution in [3.63, 3.8) is 0 Å². The van der Waals surface area contributed by atoms with Crippen molar-refractivity contribution in [1.82, 2.24) is 10.3 Å². The van der Waals surface area contributed by atoms with Crippen LogP contribution in [0.5, 0.6) is 0 Å². The summed E-state index contributed by atoms with van der Waals surface area (Å²) in [6, 6.07) is 1.54. The first-order chi connectivity index (χ1) is 9.06. The van der Waals surface area contributed by atoms with Crippen LogP contribution in [0.25, 0.3) is 0 Å². The van der Waals surface area contributed by atoms with Gasteiger partial charge in [0.2, 0.25) is 0 Å². The smallest absolute Gasteiger partial charge is 0.252 e. The number of halogens is 2. The van der Waals surface area contributed by atoms with Gasteiger partial charge in [-0.15, -0.1) is 0 Å². The van der Waals surface area contributed by atoms with E-state index < -0.39 is 14.6 Å². The van der Waals surface area contributed by atoms with Crippen molar-refractivity contribution in [2.75, 3.05) is 12.3 Å². The van der Waals surface area contributed by atoms with Crippen LogP contribution in [-0.2, 0) is 9.84 Å². The zero-order chi connectivity index (χ0) is 15.6. The number of nitrogens with one attached hydrogen (secondary N) is 1. The first kappa shape index (κ1) is 17.6. The molecule has 1 N–H and O–H groups in total. The van der Waals surface area contributed by atoms with Gasteiger partial charge in [-0.3, -0.25) is 4.79 Å². The third kappa shape index (κ3) is 4.29. The van der Waals surface area contributed by atoms with E-state index in [0.717, 1.165) is 0 Å². The molecular formula is C12H16ClIN2O3S. The van der Waals surface area contributed by atoms with E-state index in [4.69, 9.17) is 11.6 Å². The van der Waals surface area contributed by atoms with Crippen LogP contribution in [0.2, 0.25) is 5.15 Å². The van der Waals surface area contributed by atoms with Crippen LogP contribution in [-0.4, -0.2) is 36.4 Å². The number of amides is 1. The molecule has 5 nitrogen and oxygen atoms in total. The number of hydrogen-bond acceptors (Lipinski definition) is 4. The molecule has 1 amide bonds. The summed E-state index contributed by atoms with van der Waals surface area (Å²) in [5.41, 5.74) is 0.388. The van der Waals surface area contributed by atoms with Gasteiger partial charge in [-0.1, -0.05) is 11.6 Å². The molecule has 0 fully saturated rings. The Morgan fingerprint density at radius 2 is 2.05 bits per heavy atom. The predicted octanol–water partition coefficient (Wildman–Crippen LogP) is 2.28. The summed E-state index contributed by atoms with van der Waals surface area (Å²) in [7, 11) is -3.25. The molecule has 1 rings (SSSR count). The molecule has 0 atom stereocenters. The molecule has 1 heterocycles. The summed E-state index contributed by atoms with van der Waals surface area (Å²) in [5, 5.41) is 2.84. The van der Waals surface area contributed by atoms with Gasteiger partial charge in [-0.05, 0) is 49.4 Å². The number of pyridine rings is 1. The minimum absolute atomic E-state index is 0.0639. The Morgan fingerprint density at radius 1 is 1.45 bits per heavy atom. The normalized spacial score (nSPS) is 12.2. The van der Waals surface area contributed by atoms with Crippen molar-refractivity contribution in [3.8, 4) is 0 Å². The van der Waals surface area contributed by atoms with Crippen LogP contribution in [0, 0.1) is 3.57 Å². The molecule has 1 aromatic rings. The molecule has 0 radical (unpaired) electrons. The molecule has 0 unspecified atom stereocenters. The molecule has 0 saturated carbocycles. The zero-order valence-electron chi connectivity index (χ0n) is 11.4. The summed E-state index contributed by atoms with van der Waals surface area (Å²) in [5.74, 6) is -0.458. The molecule has 0 spiro atoms. The quantitative estimate of drug-likeness (QED) is 0.587. The highest BCUT2D eigenvalue weighted by Gasteiger charge is 2.28. The number of sulfone groups is 1. The molecule has 0 aromatic carbocycles. The van der Waals surface area contributed by atoms with E-state index >= 15 is 0 Å². The Bertz CT molecular complexity index is 612. The molecule has 20 heavy (non-hydrogen) atoms. The van der Waals surface area contributed by atoms with Crippen LogP contribution in [0.3, 0.4) is 0 Å². The second-order valence-electron chi connectivity index (χ2n) is 5.15. The van der Waals surface area contributed by atoms with E-state index in [1.807, 2.05) is 22.6 Å². The number of carbonyl (C=O) groups is 1. The first-order valence-corrected chi connectivity index (χ1v) is 8.97. The standard InChI is InChI=1S/C12H16ClIN2O3S/c1-12(2,3)20(18,19)7-6-16-11(17)8-4-5-15-10(13)9(8)14/h4-5H,6-7H2,1-3H3,(H,16,17). The average molecular weight is 431 g/mol. The lowest BCUT2D eigenvalue weighted by Crippen LogP contribution is -2.36. The van der Waals surface area contributed by atoms with Crippen LogP contribution < -0.4 is 5.32 Å². The van der Waals surface area contributed by atoms with E-state index in [2.05, 4.69) is 10.3 Å². The summed E-state index contributed by atoms with van der Waals surface area (Å²) >= 11 is 7.76. The average Bonchev–Trinajstić information content (AvgIpc) is 2.30. The Morgan fingerprint density at radius 3 is 2.60 bits per heavy atom. The minimum atomic E-state index is -3.25. The predicted molar refractivity (Wildman–Crippen MR) is 87.8 cm³/mol. The maximum Gasteiger partial charge on any atom is 0.252 e. The highest BCUT2D eigenvalue weighted by Crippen LogP contribution is 2.19. The molecular weight excluding hydrogens is 415 g/mol. The van der Waals surface area contributed by atoms with Gasteiger partial charge in [-0.25, -0.2) is 13.4 Å². The van der Waals surface area contributed by atoms with Crippen LogP contribution in [0.1, 0.15) is 31.1 Å². The molecule has 0 aliphatic rings. The van der Waals surface area contributed by atoms with Crippen molar-refractivity contribution in [2.45, 2.75) is 25.5 Å². The Hall–Kier alpha value is -0.410. The topological polar surface area (TPSA) is 76.1 Å². The highest BCUT2D eigenvalue weighted by atomic mass is 127. The van der Waals surface area contributed by atoms with Crippen molar-refractivity contribution in [2.24, 2.45) is 0 Å². The third-order valence-electron chi connectivity index (χ3n) is 2.68. The Balaban J connectivity index is 2.68. The van der Waals surface area contributed by atoms with Crippen molar-refractivity contribution >= 4 is 49.9 Å². The number of nitrogens with zero attached hydrogens (tertiary/aromatic N) is 1. The number of aromatic nitrogens is 1. The summed E-state index contributed by atoms with van der Waals surface area (Å²) in [4.78, 5) is 15.8. The van der Waals surface area contributed by atoms with E-state index in [1.54, 1.807) is 26.8 Å². The van der Waals surface area contributed by atoms with Crippen LogP contribution >= 0.6 is 34.2 Å². The maximum atomic E-state index is 12.0. The Kier molecular flexibility index (Phi) is 5.79. The highest BCUT2D eigenvalue weighted by molar-refractivity contribution is 14.1. The maximum absolute atomic E-state index is 12.0. The second kappa shape index (κ2) is 6.57. The van der Waals surface area contributed by atoms with E-state index in [1.165, 1.54) is 6.20 Å². The number of rotatable bonds is 4. The second-order valence-corrected chi connectivity index (χ2v) is 9.45. The fourth-order valence-electron chi connectivity index (χ4n) is 1.29. The summed E-state index contributed by atoms with van der Waals surface area (Å²) < 4.78 is 23.5. The number of carbonyl (C=O) groups excluding carboxylic acids is 1. The number of hydrogen-bond donors (Lipinski definition) is 1. The van der Waals surface area contributed by atoms with Gasteiger partial charge < -0.3 is 5.32 Å². The third-order valence-corrected chi connectivity index (χ3v) is 6.99. The van der Waals surface area contributed by atoms with Gasteiger partial charge in [0.05, 0.1) is 19.6 Å². The molecule has 0 bridgehead atoms. The molecule has 0 aliphatic carbocycles.